The van der Waals surface area contributed by atoms with Crippen molar-refractivity contribution >= 4 is 36.8 Å². The number of hydrogen-bond donors (Lipinski definition) is 5. The first kappa shape index (κ1) is 55.4. The smallest absolute Gasteiger partial charge is 0.472 e. The van der Waals surface area contributed by atoms with E-state index >= 15 is 0 Å². The SMILES string of the molecule is CC(C)[C@@H](C(=O)N1C[C@H](O)C[C@H]1C(=O)N[C@@H](C)c1ccc(C#N)cc1)c1cc(OCCN2CCC(O[C@H]3C[C@H](Oc4cc(N5C6CCC5CN(c5cc(-c7ccccc7OCOP(=O)(O)O)nnc5N)C6)ccn4)C3)CC2)no1. The molecule has 2 bridgehead atoms. The van der Waals surface area contributed by atoms with Crippen molar-refractivity contribution in [1.82, 2.24) is 35.5 Å². The molecule has 5 aromatic rings. The van der Waals surface area contributed by atoms with Crippen LogP contribution >= 0.6 is 7.82 Å². The second-order valence-corrected chi connectivity index (χ2v) is 22.7. The number of nitriles is 1. The number of nitrogens with two attached hydrogens (primary N) is 1. The molecule has 2 aromatic carbocycles. The van der Waals surface area contributed by atoms with Gasteiger partial charge < -0.3 is 64.1 Å². The highest BCUT2D eigenvalue weighted by Crippen LogP contribution is 2.42. The van der Waals surface area contributed by atoms with Crippen LogP contribution in [0.2, 0.25) is 0 Å². The van der Waals surface area contributed by atoms with Gasteiger partial charge in [-0.05, 0) is 85.6 Å². The van der Waals surface area contributed by atoms with Gasteiger partial charge in [0.2, 0.25) is 17.7 Å². The van der Waals surface area contributed by atoms with E-state index in [2.05, 4.69) is 50.9 Å². The number of fused-ring (bicyclic) bond motifs is 2. The number of β-amino-alcohol motifs (C(OH)–C–C–N with tert-alkyl or cyclic N) is 1. The van der Waals surface area contributed by atoms with E-state index in [4.69, 9.17) is 44.3 Å². The Morgan fingerprint density at radius 1 is 0.899 bits per heavy atom. The Morgan fingerprint density at radius 3 is 2.37 bits per heavy atom. The van der Waals surface area contributed by atoms with Crippen LogP contribution in [0.25, 0.3) is 11.3 Å². The molecule has 79 heavy (non-hydrogen) atoms. The molecule has 5 fully saturated rings. The molecule has 420 valence electrons. The van der Waals surface area contributed by atoms with E-state index in [9.17, 15) is 19.3 Å². The Bertz CT molecular complexity index is 3000. The third-order valence-corrected chi connectivity index (χ3v) is 16.1. The minimum Gasteiger partial charge on any atom is -0.474 e. The first-order valence-corrected chi connectivity index (χ1v) is 28.6. The van der Waals surface area contributed by atoms with Crippen LogP contribution < -0.4 is 35.1 Å². The largest absolute Gasteiger partial charge is 0.474 e. The summed E-state index contributed by atoms with van der Waals surface area (Å²) in [4.78, 5) is 58.9. The molecule has 1 aliphatic carbocycles. The van der Waals surface area contributed by atoms with E-state index in [1.165, 1.54) is 4.90 Å². The number of piperazine rings is 1. The molecule has 23 nitrogen and oxygen atoms in total. The number of benzene rings is 2. The van der Waals surface area contributed by atoms with E-state index in [0.29, 0.717) is 66.3 Å². The summed E-state index contributed by atoms with van der Waals surface area (Å²) in [7, 11) is -4.71. The maximum absolute atomic E-state index is 14.1. The van der Waals surface area contributed by atoms with Gasteiger partial charge >= 0.3 is 7.82 Å². The summed E-state index contributed by atoms with van der Waals surface area (Å²) in [6.07, 6.45) is 6.78. The highest BCUT2D eigenvalue weighted by Gasteiger charge is 2.45. The zero-order valence-electron chi connectivity index (χ0n) is 44.5. The van der Waals surface area contributed by atoms with Crippen LogP contribution in [0.1, 0.15) is 94.6 Å². The van der Waals surface area contributed by atoms with Crippen molar-refractivity contribution in [1.29, 1.82) is 5.26 Å². The third kappa shape index (κ3) is 13.2. The number of ether oxygens (including phenoxy) is 4. The van der Waals surface area contributed by atoms with E-state index in [0.717, 1.165) is 68.6 Å². The van der Waals surface area contributed by atoms with Crippen molar-refractivity contribution < 1.29 is 57.0 Å². The zero-order valence-corrected chi connectivity index (χ0v) is 45.3. The second-order valence-electron chi connectivity index (χ2n) is 21.4. The first-order valence-electron chi connectivity index (χ1n) is 27.0. The van der Waals surface area contributed by atoms with Gasteiger partial charge in [0, 0.05) is 100 Å². The molecule has 1 saturated carbocycles. The standard InChI is InChI=1S/C55H68N11O12P/c1-33(2)52(55(69)65-31-40(67)23-47(65)54(68)59-34(3)36-10-8-35(28-56)9-11-36)49-27-51(62-78-49)73-21-20-63-18-15-41(16-19-63)76-42-24-43(25-42)77-50-22-37(14-17-58-50)66-38-12-13-39(66)30-64(29-38)46-26-45(60-61-53(46)57)44-6-4-5-7-48(44)74-32-75-79(70,71)72/h4-11,14,17,22,26-27,33-34,38-43,47,52,67H,12-13,15-16,18-21,23-25,29-32H2,1-3H3,(H2,57,61)(H,59,68)(H2,70,71,72)/t34-,38?,39?,40+,42-,43-,47-,52+/m0/s1. The molecular weight excluding hydrogens is 1040 g/mol. The Kier molecular flexibility index (Phi) is 17.0. The number of nitrogens with one attached hydrogen (secondary N) is 1. The van der Waals surface area contributed by atoms with Crippen LogP contribution in [0.5, 0.6) is 17.5 Å². The lowest BCUT2D eigenvalue weighted by Crippen LogP contribution is -2.54. The van der Waals surface area contributed by atoms with Crippen molar-refractivity contribution in [3.05, 3.63) is 95.9 Å². The molecule has 0 radical (unpaired) electrons. The van der Waals surface area contributed by atoms with E-state index in [1.54, 1.807) is 48.5 Å². The van der Waals surface area contributed by atoms with Crippen molar-refractivity contribution in [3.8, 4) is 34.8 Å². The monoisotopic (exact) mass is 1110 g/mol. The Hall–Kier alpha value is -6.90. The van der Waals surface area contributed by atoms with Crippen molar-refractivity contribution in [2.75, 3.05) is 68.2 Å². The van der Waals surface area contributed by atoms with Gasteiger partial charge in [0.05, 0.1) is 47.4 Å². The van der Waals surface area contributed by atoms with Gasteiger partial charge in [0.25, 0.3) is 5.88 Å². The fraction of sp³-hybridized carbons (Fsp3) is 0.509. The number of anilines is 3. The van der Waals surface area contributed by atoms with Crippen LogP contribution in [0.15, 0.2) is 83.5 Å². The maximum atomic E-state index is 14.1. The highest BCUT2D eigenvalue weighted by atomic mass is 31.2. The molecule has 2 unspecified atom stereocenters. The fourth-order valence-corrected chi connectivity index (χ4v) is 11.7. The van der Waals surface area contributed by atoms with Crippen molar-refractivity contribution in [3.63, 3.8) is 0 Å². The summed E-state index contributed by atoms with van der Waals surface area (Å²) in [6.45, 7) is 9.23. The number of phosphoric acid groups is 1. The Balaban J connectivity index is 0.645. The summed E-state index contributed by atoms with van der Waals surface area (Å²) in [6, 6.07) is 22.8. The summed E-state index contributed by atoms with van der Waals surface area (Å²) < 4.78 is 45.9. The van der Waals surface area contributed by atoms with E-state index in [1.807, 2.05) is 51.2 Å². The molecule has 5 aliphatic rings. The predicted octanol–water partition coefficient (Wildman–Crippen LogP) is 5.33. The summed E-state index contributed by atoms with van der Waals surface area (Å²) in [5, 5.41) is 35.5. The molecule has 6 atom stereocenters. The van der Waals surface area contributed by atoms with Crippen LogP contribution in [-0.2, 0) is 23.4 Å². The van der Waals surface area contributed by atoms with Crippen LogP contribution in [-0.4, -0.2) is 152 Å². The number of aromatic nitrogens is 4. The number of pyridine rings is 1. The van der Waals surface area contributed by atoms with Crippen LogP contribution in [0, 0.1) is 17.2 Å². The van der Waals surface area contributed by atoms with Gasteiger partial charge in [-0.1, -0.05) is 38.1 Å². The number of aliphatic hydroxyl groups is 1. The fourth-order valence-electron chi connectivity index (χ4n) is 11.5. The minimum atomic E-state index is -4.71. The number of likely N-dealkylation sites (tertiary alicyclic amines) is 2. The lowest BCUT2D eigenvalue weighted by Gasteiger charge is -2.43. The van der Waals surface area contributed by atoms with Gasteiger partial charge in [-0.2, -0.15) is 5.26 Å². The normalized spacial score (nSPS) is 23.2. The molecule has 7 heterocycles. The topological polar surface area (TPSA) is 298 Å². The number of phosphoric ester groups is 1. The van der Waals surface area contributed by atoms with Crippen LogP contribution in [0.4, 0.5) is 17.2 Å². The van der Waals surface area contributed by atoms with Crippen molar-refractivity contribution in [2.24, 2.45) is 5.92 Å². The van der Waals surface area contributed by atoms with E-state index in [-0.39, 0.29) is 73.0 Å². The highest BCUT2D eigenvalue weighted by molar-refractivity contribution is 7.46. The molecule has 10 rings (SSSR count). The van der Waals surface area contributed by atoms with Gasteiger partial charge in [-0.3, -0.25) is 14.5 Å². The lowest BCUT2D eigenvalue weighted by atomic mass is 9.91. The molecule has 0 spiro atoms. The number of rotatable bonds is 21. The maximum Gasteiger partial charge on any atom is 0.472 e. The average molecular weight is 1110 g/mol. The van der Waals surface area contributed by atoms with Crippen LogP contribution in [0.3, 0.4) is 0 Å². The number of para-hydroxylation sites is 1. The third-order valence-electron chi connectivity index (χ3n) is 15.7. The van der Waals surface area contributed by atoms with Gasteiger partial charge in [-0.15, -0.1) is 10.2 Å². The lowest BCUT2D eigenvalue weighted by molar-refractivity contribution is -0.141. The van der Waals surface area contributed by atoms with Crippen molar-refractivity contribution in [2.45, 2.75) is 120 Å². The number of piperidine rings is 1. The molecule has 4 saturated heterocycles. The summed E-state index contributed by atoms with van der Waals surface area (Å²) >= 11 is 0. The Labute approximate surface area is 458 Å². The quantitative estimate of drug-likeness (QED) is 0.0458. The average Bonchev–Trinajstić information content (AvgIpc) is 4.24. The number of hydrogen-bond acceptors (Lipinski definition) is 19. The number of nitrogens with zero attached hydrogens (tertiary/aromatic N) is 9. The minimum absolute atomic E-state index is 0.0162. The number of aliphatic hydroxyl groups excluding tert-OH is 1. The number of amides is 2. The molecule has 24 heteroatoms. The van der Waals surface area contributed by atoms with Gasteiger partial charge in [0.15, 0.2) is 18.4 Å². The number of carbonyl (C=O) groups excluding carboxylic acids is 2. The number of nitrogen functional groups attached to an aromatic ring is 1. The zero-order chi connectivity index (χ0) is 55.4. The molecule has 3 aromatic heterocycles. The number of carbonyl (C=O) groups is 2. The summed E-state index contributed by atoms with van der Waals surface area (Å²) in [5.41, 5.74) is 10.7. The molecule has 6 N–H and O–H groups in total. The molecule has 2 amide bonds. The second kappa shape index (κ2) is 24.2. The summed E-state index contributed by atoms with van der Waals surface area (Å²) in [5.74, 6) is 0.200. The molecular formula is C55H68N11O12P. The molecule has 4 aliphatic heterocycles. The predicted molar refractivity (Wildman–Crippen MR) is 288 cm³/mol. The Morgan fingerprint density at radius 2 is 1.65 bits per heavy atom. The van der Waals surface area contributed by atoms with E-state index < -0.39 is 32.7 Å². The first-order chi connectivity index (χ1) is 38.0. The van der Waals surface area contributed by atoms with Gasteiger partial charge in [-0.25, -0.2) is 14.1 Å². The van der Waals surface area contributed by atoms with Gasteiger partial charge in [0.1, 0.15) is 30.4 Å².